The molecule has 0 bridgehead atoms. The molecule has 0 atom stereocenters. The molecule has 31 heavy (non-hydrogen) atoms. The average Bonchev–Trinajstić information content (AvgIpc) is 2.77. The van der Waals surface area contributed by atoms with E-state index in [1.807, 2.05) is 75.4 Å². The number of ketones is 1. The van der Waals surface area contributed by atoms with Crippen LogP contribution in [0.5, 0.6) is 5.75 Å². The van der Waals surface area contributed by atoms with E-state index >= 15 is 0 Å². The van der Waals surface area contributed by atoms with Gasteiger partial charge < -0.3 is 9.15 Å². The van der Waals surface area contributed by atoms with Gasteiger partial charge in [0.05, 0.1) is 0 Å². The van der Waals surface area contributed by atoms with Gasteiger partial charge in [0.15, 0.2) is 12.4 Å². The number of benzene rings is 3. The zero-order valence-corrected chi connectivity index (χ0v) is 17.9. The van der Waals surface area contributed by atoms with Crippen LogP contribution in [0.4, 0.5) is 0 Å². The zero-order valence-electron chi connectivity index (χ0n) is 17.9. The maximum Gasteiger partial charge on any atom is 0.340 e. The van der Waals surface area contributed by atoms with Crippen molar-refractivity contribution < 1.29 is 13.9 Å². The fraction of sp³-hybridized carbons (Fsp3) is 0.185. The molecule has 4 heteroatoms. The van der Waals surface area contributed by atoms with Gasteiger partial charge in [0, 0.05) is 28.5 Å². The van der Waals surface area contributed by atoms with Crippen molar-refractivity contribution in [3.8, 4) is 5.75 Å². The van der Waals surface area contributed by atoms with Gasteiger partial charge in [-0.25, -0.2) is 4.79 Å². The van der Waals surface area contributed by atoms with Crippen molar-refractivity contribution in [3.05, 3.63) is 111 Å². The Morgan fingerprint density at radius 1 is 0.871 bits per heavy atom. The monoisotopic (exact) mass is 412 g/mol. The molecule has 1 heterocycles. The number of hydrogen-bond acceptors (Lipinski definition) is 4. The van der Waals surface area contributed by atoms with Crippen LogP contribution in [0.15, 0.2) is 75.9 Å². The summed E-state index contributed by atoms with van der Waals surface area (Å²) in [4.78, 5) is 25.2. The Kier molecular flexibility index (Phi) is 5.72. The first kappa shape index (κ1) is 20.6. The summed E-state index contributed by atoms with van der Waals surface area (Å²) in [5.74, 6) is 0.432. The van der Waals surface area contributed by atoms with Crippen LogP contribution in [0.25, 0.3) is 11.0 Å². The topological polar surface area (TPSA) is 56.5 Å². The lowest BCUT2D eigenvalue weighted by atomic mass is 9.98. The summed E-state index contributed by atoms with van der Waals surface area (Å²) < 4.78 is 11.5. The number of rotatable bonds is 6. The van der Waals surface area contributed by atoms with Gasteiger partial charge in [-0.3, -0.25) is 4.79 Å². The van der Waals surface area contributed by atoms with Gasteiger partial charge in [0.2, 0.25) is 0 Å². The second-order valence-corrected chi connectivity index (χ2v) is 7.80. The van der Waals surface area contributed by atoms with Gasteiger partial charge >= 0.3 is 5.63 Å². The van der Waals surface area contributed by atoms with Gasteiger partial charge in [-0.05, 0) is 44.0 Å². The second-order valence-electron chi connectivity index (χ2n) is 7.80. The predicted octanol–water partition coefficient (Wildman–Crippen LogP) is 5.57. The molecule has 0 aliphatic rings. The van der Waals surface area contributed by atoms with Gasteiger partial charge in [0.1, 0.15) is 11.3 Å². The molecule has 0 N–H and O–H groups in total. The molecule has 0 radical (unpaired) electrons. The van der Waals surface area contributed by atoms with Gasteiger partial charge in [0.25, 0.3) is 0 Å². The largest absolute Gasteiger partial charge is 0.485 e. The summed E-state index contributed by atoms with van der Waals surface area (Å²) in [6.45, 7) is 5.68. The Morgan fingerprint density at radius 2 is 1.58 bits per heavy atom. The summed E-state index contributed by atoms with van der Waals surface area (Å²) in [6, 6.07) is 21.0. The van der Waals surface area contributed by atoms with E-state index in [1.54, 1.807) is 12.1 Å². The Balaban J connectivity index is 1.61. The van der Waals surface area contributed by atoms with E-state index in [9.17, 15) is 9.59 Å². The van der Waals surface area contributed by atoms with Crippen molar-refractivity contribution in [2.75, 3.05) is 6.61 Å². The van der Waals surface area contributed by atoms with Crippen LogP contribution in [0.1, 0.15) is 38.2 Å². The first-order chi connectivity index (χ1) is 14.9. The van der Waals surface area contributed by atoms with Crippen LogP contribution in [-0.2, 0) is 6.42 Å². The maximum absolute atomic E-state index is 12.7. The quantitative estimate of drug-likeness (QED) is 0.307. The fourth-order valence-electron chi connectivity index (χ4n) is 3.70. The average molecular weight is 412 g/mol. The molecule has 0 amide bonds. The first-order valence-corrected chi connectivity index (χ1v) is 10.3. The molecule has 0 fully saturated rings. The Labute approximate surface area is 181 Å². The molecule has 3 aromatic carbocycles. The number of Topliss-reactive ketones (excluding diaryl/α,β-unsaturated/α-hetero) is 1. The Bertz CT molecular complexity index is 1300. The lowest BCUT2D eigenvalue weighted by Crippen LogP contribution is -2.13. The minimum Gasteiger partial charge on any atom is -0.485 e. The molecule has 4 nitrogen and oxygen atoms in total. The molecule has 0 aliphatic carbocycles. The van der Waals surface area contributed by atoms with Crippen LogP contribution in [-0.4, -0.2) is 12.4 Å². The molecular weight excluding hydrogens is 388 g/mol. The highest BCUT2D eigenvalue weighted by Gasteiger charge is 2.16. The zero-order chi connectivity index (χ0) is 22.0. The van der Waals surface area contributed by atoms with Crippen molar-refractivity contribution >= 4 is 16.8 Å². The molecule has 0 unspecified atom stereocenters. The van der Waals surface area contributed by atoms with Crippen molar-refractivity contribution in [2.45, 2.75) is 27.2 Å². The minimum atomic E-state index is -0.343. The fourth-order valence-corrected chi connectivity index (χ4v) is 3.70. The predicted molar refractivity (Wildman–Crippen MR) is 122 cm³/mol. The Hall–Kier alpha value is -3.66. The molecule has 0 saturated carbocycles. The number of carbonyl (C=O) groups is 1. The number of ether oxygens (including phenoxy) is 1. The standard InChI is InChI=1S/C27H24O4/c1-17-9-11-21(12-10-17)24(28)16-30-25-14-13-22-18(2)23(15-20-7-5-4-6-8-20)27(29)31-26(22)19(25)3/h4-14H,15-16H2,1-3H3. The van der Waals surface area contributed by atoms with E-state index in [0.29, 0.717) is 34.4 Å². The van der Waals surface area contributed by atoms with Crippen LogP contribution in [0.3, 0.4) is 0 Å². The van der Waals surface area contributed by atoms with E-state index < -0.39 is 0 Å². The highest BCUT2D eigenvalue weighted by molar-refractivity contribution is 5.97. The summed E-state index contributed by atoms with van der Waals surface area (Å²) in [6.07, 6.45) is 0.521. The van der Waals surface area contributed by atoms with E-state index in [1.165, 1.54) is 0 Å². The number of aryl methyl sites for hydroxylation is 3. The third kappa shape index (κ3) is 4.29. The molecule has 0 saturated heterocycles. The molecule has 4 aromatic rings. The third-order valence-electron chi connectivity index (χ3n) is 5.61. The van der Waals surface area contributed by atoms with Crippen molar-refractivity contribution in [3.63, 3.8) is 0 Å². The highest BCUT2D eigenvalue weighted by Crippen LogP contribution is 2.30. The van der Waals surface area contributed by atoms with E-state index in [0.717, 1.165) is 22.1 Å². The number of fused-ring (bicyclic) bond motifs is 1. The highest BCUT2D eigenvalue weighted by atomic mass is 16.5. The van der Waals surface area contributed by atoms with E-state index in [2.05, 4.69) is 0 Å². The van der Waals surface area contributed by atoms with Crippen LogP contribution >= 0.6 is 0 Å². The molecule has 156 valence electrons. The van der Waals surface area contributed by atoms with E-state index in [-0.39, 0.29) is 18.0 Å². The van der Waals surface area contributed by atoms with Crippen molar-refractivity contribution in [1.82, 2.24) is 0 Å². The molecular formula is C27H24O4. The Morgan fingerprint density at radius 3 is 2.29 bits per heavy atom. The molecule has 0 spiro atoms. The second kappa shape index (κ2) is 8.60. The number of hydrogen-bond donors (Lipinski definition) is 0. The van der Waals surface area contributed by atoms with Crippen molar-refractivity contribution in [1.29, 1.82) is 0 Å². The minimum absolute atomic E-state index is 0.0787. The van der Waals surface area contributed by atoms with Gasteiger partial charge in [-0.1, -0.05) is 60.2 Å². The molecule has 4 rings (SSSR count). The lowest BCUT2D eigenvalue weighted by Gasteiger charge is -2.13. The first-order valence-electron chi connectivity index (χ1n) is 10.3. The third-order valence-corrected chi connectivity index (χ3v) is 5.61. The van der Waals surface area contributed by atoms with E-state index in [4.69, 9.17) is 9.15 Å². The van der Waals surface area contributed by atoms with Crippen molar-refractivity contribution in [2.24, 2.45) is 0 Å². The van der Waals surface area contributed by atoms with Crippen LogP contribution in [0.2, 0.25) is 0 Å². The summed E-state index contributed by atoms with van der Waals surface area (Å²) in [5.41, 5.74) is 5.19. The summed E-state index contributed by atoms with van der Waals surface area (Å²) in [7, 11) is 0. The normalized spacial score (nSPS) is 10.9. The molecule has 0 aliphatic heterocycles. The van der Waals surface area contributed by atoms with Crippen LogP contribution < -0.4 is 10.4 Å². The lowest BCUT2D eigenvalue weighted by molar-refractivity contribution is 0.0921. The van der Waals surface area contributed by atoms with Gasteiger partial charge in [-0.2, -0.15) is 0 Å². The summed E-state index contributed by atoms with van der Waals surface area (Å²) in [5, 5.41) is 0.875. The smallest absolute Gasteiger partial charge is 0.340 e. The summed E-state index contributed by atoms with van der Waals surface area (Å²) >= 11 is 0. The maximum atomic E-state index is 12.7. The SMILES string of the molecule is Cc1ccc(C(=O)COc2ccc3c(C)c(Cc4ccccc4)c(=O)oc3c2C)cc1. The van der Waals surface area contributed by atoms with Gasteiger partial charge in [-0.15, -0.1) is 0 Å². The number of carbonyl (C=O) groups excluding carboxylic acids is 1. The molecule has 1 aromatic heterocycles. The van der Waals surface area contributed by atoms with Crippen LogP contribution in [0, 0.1) is 20.8 Å².